The number of benzene rings is 2. The molecular formula is C21H25ClFNO3. The maximum atomic E-state index is 13.1. The highest BCUT2D eigenvalue weighted by molar-refractivity contribution is 6.31. The largest absolute Gasteiger partial charge is 0.493 e. The summed E-state index contributed by atoms with van der Waals surface area (Å²) in [6.07, 6.45) is 2.08. The Morgan fingerprint density at radius 2 is 1.93 bits per heavy atom. The molecule has 0 aromatic heterocycles. The summed E-state index contributed by atoms with van der Waals surface area (Å²) in [6, 6.07) is 10.3. The van der Waals surface area contributed by atoms with Crippen molar-refractivity contribution in [2.75, 3.05) is 40.0 Å². The van der Waals surface area contributed by atoms with Crippen molar-refractivity contribution < 1.29 is 18.6 Å². The lowest BCUT2D eigenvalue weighted by atomic mass is 10.1. The second-order valence-electron chi connectivity index (χ2n) is 6.57. The van der Waals surface area contributed by atoms with Gasteiger partial charge in [-0.3, -0.25) is 4.90 Å². The fourth-order valence-electron chi connectivity index (χ4n) is 3.11. The zero-order valence-corrected chi connectivity index (χ0v) is 16.3. The summed E-state index contributed by atoms with van der Waals surface area (Å²) in [6.45, 7) is 5.03. The molecule has 0 atom stereocenters. The van der Waals surface area contributed by atoms with Gasteiger partial charge in [-0.2, -0.15) is 0 Å². The summed E-state index contributed by atoms with van der Waals surface area (Å²) in [4.78, 5) is 2.44. The first kappa shape index (κ1) is 19.9. The van der Waals surface area contributed by atoms with E-state index in [1.54, 1.807) is 13.2 Å². The Hall–Kier alpha value is -1.82. The molecule has 0 spiro atoms. The first-order valence-corrected chi connectivity index (χ1v) is 9.57. The predicted octanol–water partition coefficient (Wildman–Crippen LogP) is 4.33. The molecule has 0 bridgehead atoms. The molecule has 0 unspecified atom stereocenters. The van der Waals surface area contributed by atoms with E-state index in [4.69, 9.17) is 25.8 Å². The number of methoxy groups -OCH3 is 1. The molecule has 1 aliphatic heterocycles. The normalized spacial score (nSPS) is 14.9. The Bertz CT molecular complexity index is 750. The van der Waals surface area contributed by atoms with Crippen LogP contribution in [0.1, 0.15) is 17.5 Å². The van der Waals surface area contributed by atoms with Crippen LogP contribution in [0.5, 0.6) is 11.5 Å². The topological polar surface area (TPSA) is 30.9 Å². The summed E-state index contributed by atoms with van der Waals surface area (Å²) >= 11 is 6.05. The van der Waals surface area contributed by atoms with Gasteiger partial charge in [0.1, 0.15) is 12.4 Å². The maximum absolute atomic E-state index is 13.1. The summed E-state index contributed by atoms with van der Waals surface area (Å²) in [7, 11) is 1.63. The molecule has 4 nitrogen and oxygen atoms in total. The zero-order valence-electron chi connectivity index (χ0n) is 15.5. The lowest BCUT2D eigenvalue weighted by Gasteiger charge is -2.26. The van der Waals surface area contributed by atoms with Crippen LogP contribution in [0.2, 0.25) is 5.02 Å². The van der Waals surface area contributed by atoms with Gasteiger partial charge in [-0.25, -0.2) is 4.39 Å². The van der Waals surface area contributed by atoms with E-state index in [2.05, 4.69) is 11.0 Å². The summed E-state index contributed by atoms with van der Waals surface area (Å²) in [5, 5.41) is 0.355. The molecule has 1 saturated heterocycles. The van der Waals surface area contributed by atoms with Crippen LogP contribution in [0.25, 0.3) is 0 Å². The molecule has 0 amide bonds. The molecule has 3 rings (SSSR count). The van der Waals surface area contributed by atoms with Crippen molar-refractivity contribution in [1.29, 1.82) is 0 Å². The molecule has 6 heteroatoms. The summed E-state index contributed by atoms with van der Waals surface area (Å²) in [5.74, 6) is 0.981. The van der Waals surface area contributed by atoms with Crippen LogP contribution in [0.15, 0.2) is 36.4 Å². The second kappa shape index (κ2) is 9.93. The first-order chi connectivity index (χ1) is 13.2. The number of ether oxygens (including phenoxy) is 3. The minimum Gasteiger partial charge on any atom is -0.493 e. The van der Waals surface area contributed by atoms with Gasteiger partial charge in [-0.15, -0.1) is 0 Å². The number of nitrogens with zero attached hydrogens (tertiary/aromatic N) is 1. The molecule has 146 valence electrons. The van der Waals surface area contributed by atoms with E-state index in [0.29, 0.717) is 16.5 Å². The van der Waals surface area contributed by atoms with Gasteiger partial charge in [0.2, 0.25) is 0 Å². The van der Waals surface area contributed by atoms with Gasteiger partial charge in [0.05, 0.1) is 25.3 Å². The molecule has 27 heavy (non-hydrogen) atoms. The van der Waals surface area contributed by atoms with Crippen LogP contribution < -0.4 is 9.47 Å². The Kier molecular flexibility index (Phi) is 7.33. The van der Waals surface area contributed by atoms with Crippen molar-refractivity contribution in [3.8, 4) is 11.5 Å². The van der Waals surface area contributed by atoms with Crippen LogP contribution >= 0.6 is 11.6 Å². The van der Waals surface area contributed by atoms with Crippen LogP contribution in [0.4, 0.5) is 4.39 Å². The average molecular weight is 394 g/mol. The van der Waals surface area contributed by atoms with E-state index in [-0.39, 0.29) is 12.4 Å². The van der Waals surface area contributed by atoms with Gasteiger partial charge >= 0.3 is 0 Å². The minimum atomic E-state index is -0.359. The fraction of sp³-hybridized carbons (Fsp3) is 0.429. The van der Waals surface area contributed by atoms with Crippen molar-refractivity contribution in [3.63, 3.8) is 0 Å². The SMILES string of the molecule is COc1cc(CCCN2CCOCC2)ccc1OCc1ccc(F)cc1Cl. The van der Waals surface area contributed by atoms with Gasteiger partial charge < -0.3 is 14.2 Å². The van der Waals surface area contributed by atoms with E-state index in [1.165, 1.54) is 17.7 Å². The van der Waals surface area contributed by atoms with Crippen molar-refractivity contribution >= 4 is 11.6 Å². The quantitative estimate of drug-likeness (QED) is 0.668. The highest BCUT2D eigenvalue weighted by Gasteiger charge is 2.11. The Labute approximate surface area is 164 Å². The molecule has 0 radical (unpaired) electrons. The average Bonchev–Trinajstić information content (AvgIpc) is 2.68. The fourth-order valence-corrected chi connectivity index (χ4v) is 3.33. The number of hydrogen-bond donors (Lipinski definition) is 0. The van der Waals surface area contributed by atoms with Gasteiger partial charge in [-0.1, -0.05) is 23.7 Å². The molecule has 2 aromatic rings. The van der Waals surface area contributed by atoms with E-state index in [9.17, 15) is 4.39 Å². The molecular weight excluding hydrogens is 369 g/mol. The minimum absolute atomic E-state index is 0.256. The Morgan fingerprint density at radius 1 is 1.11 bits per heavy atom. The van der Waals surface area contributed by atoms with Gasteiger partial charge in [-0.05, 0) is 49.2 Å². The van der Waals surface area contributed by atoms with Crippen molar-refractivity contribution in [3.05, 3.63) is 58.4 Å². The number of rotatable bonds is 8. The third-order valence-corrected chi connectivity index (χ3v) is 5.02. The van der Waals surface area contributed by atoms with Crippen molar-refractivity contribution in [2.45, 2.75) is 19.4 Å². The van der Waals surface area contributed by atoms with Gasteiger partial charge in [0.15, 0.2) is 11.5 Å². The highest BCUT2D eigenvalue weighted by Crippen LogP contribution is 2.30. The molecule has 1 aliphatic rings. The lowest BCUT2D eigenvalue weighted by Crippen LogP contribution is -2.36. The molecule has 2 aromatic carbocycles. The van der Waals surface area contributed by atoms with E-state index in [1.807, 2.05) is 12.1 Å². The molecule has 0 aliphatic carbocycles. The summed E-state index contributed by atoms with van der Waals surface area (Å²) in [5.41, 5.74) is 1.95. The molecule has 0 saturated carbocycles. The van der Waals surface area contributed by atoms with Crippen LogP contribution in [-0.4, -0.2) is 44.9 Å². The van der Waals surface area contributed by atoms with E-state index >= 15 is 0 Å². The Balaban J connectivity index is 1.55. The maximum Gasteiger partial charge on any atom is 0.161 e. The van der Waals surface area contributed by atoms with Gasteiger partial charge in [0.25, 0.3) is 0 Å². The first-order valence-electron chi connectivity index (χ1n) is 9.19. The van der Waals surface area contributed by atoms with Crippen molar-refractivity contribution in [1.82, 2.24) is 4.90 Å². The second-order valence-corrected chi connectivity index (χ2v) is 6.97. The van der Waals surface area contributed by atoms with Crippen LogP contribution in [0.3, 0.4) is 0 Å². The Morgan fingerprint density at radius 3 is 2.67 bits per heavy atom. The third-order valence-electron chi connectivity index (χ3n) is 4.67. The molecule has 1 fully saturated rings. The number of hydrogen-bond acceptors (Lipinski definition) is 4. The monoisotopic (exact) mass is 393 g/mol. The van der Waals surface area contributed by atoms with Gasteiger partial charge in [0, 0.05) is 18.7 Å². The molecule has 1 heterocycles. The highest BCUT2D eigenvalue weighted by atomic mass is 35.5. The summed E-state index contributed by atoms with van der Waals surface area (Å²) < 4.78 is 29.8. The standard InChI is InChI=1S/C21H25ClFNO3/c1-25-21-13-16(3-2-8-24-9-11-26-12-10-24)4-7-20(21)27-15-17-5-6-18(23)14-19(17)22/h4-7,13-14H,2-3,8-12,15H2,1H3. The third kappa shape index (κ3) is 5.83. The number of morpholine rings is 1. The van der Waals surface area contributed by atoms with Crippen LogP contribution in [-0.2, 0) is 17.8 Å². The molecule has 0 N–H and O–H groups in total. The van der Waals surface area contributed by atoms with E-state index < -0.39 is 0 Å². The smallest absolute Gasteiger partial charge is 0.161 e. The van der Waals surface area contributed by atoms with E-state index in [0.717, 1.165) is 51.3 Å². The number of halogens is 2. The van der Waals surface area contributed by atoms with Crippen LogP contribution in [0, 0.1) is 5.82 Å². The zero-order chi connectivity index (χ0) is 19.1. The predicted molar refractivity (Wildman–Crippen MR) is 104 cm³/mol. The number of aryl methyl sites for hydroxylation is 1. The van der Waals surface area contributed by atoms with Crippen molar-refractivity contribution in [2.24, 2.45) is 0 Å². The lowest BCUT2D eigenvalue weighted by molar-refractivity contribution is 0.0374.